The van der Waals surface area contributed by atoms with Crippen LogP contribution in [0.1, 0.15) is 25.3 Å². The van der Waals surface area contributed by atoms with Crippen molar-refractivity contribution in [1.82, 2.24) is 0 Å². The van der Waals surface area contributed by atoms with Crippen LogP contribution in [0.4, 0.5) is 8.78 Å². The lowest BCUT2D eigenvalue weighted by molar-refractivity contribution is -0.130. The molecule has 0 aliphatic heterocycles. The fraction of sp³-hybridized carbons (Fsp3) is 0.500. The van der Waals surface area contributed by atoms with Crippen LogP contribution in [0.2, 0.25) is 0 Å². The molecule has 1 aliphatic rings. The number of ketones is 1. The molecule has 0 N–H and O–H groups in total. The van der Waals surface area contributed by atoms with E-state index in [0.29, 0.717) is 18.1 Å². The molecule has 0 spiro atoms. The summed E-state index contributed by atoms with van der Waals surface area (Å²) in [6.07, 6.45) is 1.73. The summed E-state index contributed by atoms with van der Waals surface area (Å²) in [4.78, 5) is 12.0. The molecule has 2 nitrogen and oxygen atoms in total. The van der Waals surface area contributed by atoms with Crippen LogP contribution in [-0.2, 0) is 16.0 Å². The van der Waals surface area contributed by atoms with E-state index >= 15 is 0 Å². The first-order valence-electron chi connectivity index (χ1n) is 6.20. The Bertz CT molecular complexity index is 441. The summed E-state index contributed by atoms with van der Waals surface area (Å²) >= 11 is 0. The van der Waals surface area contributed by atoms with E-state index in [1.807, 2.05) is 6.92 Å². The summed E-state index contributed by atoms with van der Waals surface area (Å²) in [6, 6.07) is 3.56. The summed E-state index contributed by atoms with van der Waals surface area (Å²) in [6.45, 7) is 2.34. The van der Waals surface area contributed by atoms with Crippen LogP contribution in [-0.4, -0.2) is 18.5 Å². The molecule has 1 aromatic rings. The lowest BCUT2D eigenvalue weighted by Crippen LogP contribution is -2.28. The van der Waals surface area contributed by atoms with Crippen LogP contribution in [0.15, 0.2) is 18.2 Å². The van der Waals surface area contributed by atoms with E-state index < -0.39 is 11.6 Å². The van der Waals surface area contributed by atoms with Crippen molar-refractivity contribution in [1.29, 1.82) is 0 Å². The van der Waals surface area contributed by atoms with Crippen molar-refractivity contribution in [2.24, 2.45) is 5.92 Å². The number of Topliss-reactive ketones (excluding diaryl/α,β-unsaturated/α-hetero) is 1. The fourth-order valence-corrected chi connectivity index (χ4v) is 2.02. The van der Waals surface area contributed by atoms with Gasteiger partial charge in [-0.2, -0.15) is 0 Å². The Hall–Kier alpha value is -1.29. The summed E-state index contributed by atoms with van der Waals surface area (Å²) in [5, 5.41) is 0. The first kappa shape index (κ1) is 13.1. The number of hydrogen-bond acceptors (Lipinski definition) is 2. The van der Waals surface area contributed by atoms with Crippen molar-refractivity contribution in [2.75, 3.05) is 6.61 Å². The van der Waals surface area contributed by atoms with Gasteiger partial charge in [0.25, 0.3) is 0 Å². The number of carbonyl (C=O) groups excluding carboxylic acids is 1. The third-order valence-corrected chi connectivity index (χ3v) is 3.08. The average Bonchev–Trinajstić information content (AvgIpc) is 3.15. The second kappa shape index (κ2) is 5.57. The number of benzene rings is 1. The minimum atomic E-state index is -0.917. The Labute approximate surface area is 105 Å². The highest BCUT2D eigenvalue weighted by Crippen LogP contribution is 2.35. The number of rotatable bonds is 6. The summed E-state index contributed by atoms with van der Waals surface area (Å²) in [5.41, 5.74) is 0.490. The van der Waals surface area contributed by atoms with Gasteiger partial charge in [-0.3, -0.25) is 4.79 Å². The Morgan fingerprint density at radius 2 is 2.11 bits per heavy atom. The third kappa shape index (κ3) is 3.13. The number of hydrogen-bond donors (Lipinski definition) is 0. The van der Waals surface area contributed by atoms with Crippen molar-refractivity contribution >= 4 is 5.78 Å². The molecule has 1 fully saturated rings. The van der Waals surface area contributed by atoms with Crippen LogP contribution in [0, 0.1) is 17.6 Å². The SMILES string of the molecule is CCOC(C(=O)Cc1ccc(F)c(F)c1)C1CC1. The van der Waals surface area contributed by atoms with Gasteiger partial charge in [0.2, 0.25) is 0 Å². The topological polar surface area (TPSA) is 26.3 Å². The quantitative estimate of drug-likeness (QED) is 0.780. The average molecular weight is 254 g/mol. The van der Waals surface area contributed by atoms with E-state index in [-0.39, 0.29) is 18.3 Å². The molecule has 1 atom stereocenters. The van der Waals surface area contributed by atoms with Crippen molar-refractivity contribution in [3.63, 3.8) is 0 Å². The molecule has 0 saturated heterocycles. The van der Waals surface area contributed by atoms with Gasteiger partial charge < -0.3 is 4.74 Å². The highest BCUT2D eigenvalue weighted by Gasteiger charge is 2.36. The zero-order valence-electron chi connectivity index (χ0n) is 10.3. The van der Waals surface area contributed by atoms with Crippen LogP contribution in [0.5, 0.6) is 0 Å². The van der Waals surface area contributed by atoms with Gasteiger partial charge in [0.05, 0.1) is 0 Å². The number of halogens is 2. The predicted octanol–water partition coefficient (Wildman–Crippen LogP) is 2.89. The minimum absolute atomic E-state index is 0.0506. The molecule has 0 radical (unpaired) electrons. The zero-order valence-corrected chi connectivity index (χ0v) is 10.3. The van der Waals surface area contributed by atoms with E-state index in [2.05, 4.69) is 0 Å². The summed E-state index contributed by atoms with van der Waals surface area (Å²) < 4.78 is 31.2. The molecule has 1 aromatic carbocycles. The van der Waals surface area contributed by atoms with Gasteiger partial charge in [0.15, 0.2) is 17.4 Å². The molecule has 98 valence electrons. The molecule has 0 bridgehead atoms. The van der Waals surface area contributed by atoms with E-state index in [9.17, 15) is 13.6 Å². The maximum atomic E-state index is 13.0. The zero-order chi connectivity index (χ0) is 13.1. The maximum Gasteiger partial charge on any atom is 0.166 e. The first-order chi connectivity index (χ1) is 8.61. The largest absolute Gasteiger partial charge is 0.370 e. The smallest absolute Gasteiger partial charge is 0.166 e. The molecule has 0 heterocycles. The van der Waals surface area contributed by atoms with Gasteiger partial charge in [-0.25, -0.2) is 8.78 Å². The molecule has 18 heavy (non-hydrogen) atoms. The maximum absolute atomic E-state index is 13.0. The molecule has 2 rings (SSSR count). The number of ether oxygens (including phenoxy) is 1. The Balaban J connectivity index is 2.02. The molecular weight excluding hydrogens is 238 g/mol. The van der Waals surface area contributed by atoms with Crippen LogP contribution < -0.4 is 0 Å². The van der Waals surface area contributed by atoms with Gasteiger partial charge >= 0.3 is 0 Å². The highest BCUT2D eigenvalue weighted by atomic mass is 19.2. The Kier molecular flexibility index (Phi) is 4.07. The van der Waals surface area contributed by atoms with Crippen molar-refractivity contribution in [3.8, 4) is 0 Å². The van der Waals surface area contributed by atoms with Crippen LogP contribution in [0.3, 0.4) is 0 Å². The second-order valence-corrected chi connectivity index (χ2v) is 4.60. The van der Waals surface area contributed by atoms with E-state index in [1.165, 1.54) is 6.07 Å². The van der Waals surface area contributed by atoms with Gasteiger partial charge in [0.1, 0.15) is 6.10 Å². The lowest BCUT2D eigenvalue weighted by atomic mass is 10.0. The Morgan fingerprint density at radius 3 is 2.67 bits per heavy atom. The first-order valence-corrected chi connectivity index (χ1v) is 6.20. The fourth-order valence-electron chi connectivity index (χ4n) is 2.02. The molecule has 0 aromatic heterocycles. The normalized spacial score (nSPS) is 16.6. The lowest BCUT2D eigenvalue weighted by Gasteiger charge is -2.15. The van der Waals surface area contributed by atoms with E-state index in [0.717, 1.165) is 25.0 Å². The molecule has 0 amide bonds. The van der Waals surface area contributed by atoms with E-state index in [4.69, 9.17) is 4.74 Å². The second-order valence-electron chi connectivity index (χ2n) is 4.60. The number of carbonyl (C=O) groups is 1. The monoisotopic (exact) mass is 254 g/mol. The molecule has 1 unspecified atom stereocenters. The van der Waals surface area contributed by atoms with Gasteiger partial charge in [-0.05, 0) is 43.4 Å². The van der Waals surface area contributed by atoms with Crippen molar-refractivity contribution in [2.45, 2.75) is 32.3 Å². The molecule has 4 heteroatoms. The molecule has 1 saturated carbocycles. The van der Waals surface area contributed by atoms with Gasteiger partial charge in [0, 0.05) is 13.0 Å². The standard InChI is InChI=1S/C14H16F2O2/c1-2-18-14(10-4-5-10)13(17)8-9-3-6-11(15)12(16)7-9/h3,6-7,10,14H,2,4-5,8H2,1H3. The molecule has 1 aliphatic carbocycles. The summed E-state index contributed by atoms with van der Waals surface area (Å²) in [7, 11) is 0. The van der Waals surface area contributed by atoms with Gasteiger partial charge in [-0.15, -0.1) is 0 Å². The Morgan fingerprint density at radius 1 is 1.39 bits per heavy atom. The molecular formula is C14H16F2O2. The predicted molar refractivity (Wildman–Crippen MR) is 63.2 cm³/mol. The summed E-state index contributed by atoms with van der Waals surface area (Å²) in [5.74, 6) is -1.55. The van der Waals surface area contributed by atoms with Crippen LogP contribution in [0.25, 0.3) is 0 Å². The van der Waals surface area contributed by atoms with E-state index in [1.54, 1.807) is 0 Å². The van der Waals surface area contributed by atoms with Crippen molar-refractivity contribution in [3.05, 3.63) is 35.4 Å². The van der Waals surface area contributed by atoms with Crippen LogP contribution >= 0.6 is 0 Å². The highest BCUT2D eigenvalue weighted by molar-refractivity contribution is 5.85. The van der Waals surface area contributed by atoms with Gasteiger partial charge in [-0.1, -0.05) is 6.07 Å². The van der Waals surface area contributed by atoms with Crippen molar-refractivity contribution < 1.29 is 18.3 Å². The third-order valence-electron chi connectivity index (χ3n) is 3.08. The minimum Gasteiger partial charge on any atom is -0.370 e.